The van der Waals surface area contributed by atoms with E-state index in [0.717, 1.165) is 18.8 Å². The Labute approximate surface area is 93.9 Å². The molecule has 0 spiro atoms. The van der Waals surface area contributed by atoms with Crippen LogP contribution in [0.15, 0.2) is 17.9 Å². The van der Waals surface area contributed by atoms with Crippen molar-refractivity contribution in [1.29, 1.82) is 0 Å². The van der Waals surface area contributed by atoms with Crippen molar-refractivity contribution in [1.82, 2.24) is 0 Å². The molecule has 0 bridgehead atoms. The molecule has 0 saturated heterocycles. The highest BCUT2D eigenvalue weighted by atomic mass is 16.3. The molecule has 15 heavy (non-hydrogen) atoms. The quantitative estimate of drug-likeness (QED) is 0.696. The second kappa shape index (κ2) is 6.15. The first kappa shape index (κ1) is 12.5. The predicted molar refractivity (Wildman–Crippen MR) is 64.8 cm³/mol. The van der Waals surface area contributed by atoms with Crippen molar-refractivity contribution in [3.63, 3.8) is 0 Å². The average Bonchev–Trinajstić information content (AvgIpc) is 2.26. The highest BCUT2D eigenvalue weighted by molar-refractivity contribution is 5.02. The van der Waals surface area contributed by atoms with Gasteiger partial charge in [0.15, 0.2) is 0 Å². The first-order valence-electron chi connectivity index (χ1n) is 6.31. The summed E-state index contributed by atoms with van der Waals surface area (Å²) in [5, 5.41) is 10.2. The zero-order chi connectivity index (χ0) is 11.1. The molecule has 0 aromatic heterocycles. The molecule has 1 nitrogen and oxygen atoms in total. The van der Waals surface area contributed by atoms with Gasteiger partial charge in [-0.15, -0.1) is 5.73 Å². The molecule has 1 fully saturated rings. The summed E-state index contributed by atoms with van der Waals surface area (Å²) in [6.45, 7) is 4.18. The molecule has 1 aliphatic rings. The van der Waals surface area contributed by atoms with Gasteiger partial charge in [0.25, 0.3) is 0 Å². The van der Waals surface area contributed by atoms with Crippen molar-refractivity contribution in [2.24, 2.45) is 5.92 Å². The summed E-state index contributed by atoms with van der Waals surface area (Å²) < 4.78 is 0. The third kappa shape index (κ3) is 4.24. The van der Waals surface area contributed by atoms with Gasteiger partial charge in [-0.2, -0.15) is 0 Å². The van der Waals surface area contributed by atoms with E-state index >= 15 is 0 Å². The summed E-state index contributed by atoms with van der Waals surface area (Å²) in [5.74, 6) is 0.851. The van der Waals surface area contributed by atoms with E-state index in [1.54, 1.807) is 0 Å². The number of hydrogen-bond donors (Lipinski definition) is 1. The molecule has 0 radical (unpaired) electrons. The lowest BCUT2D eigenvalue weighted by Gasteiger charge is -2.33. The zero-order valence-electron chi connectivity index (χ0n) is 10.1. The Balaban J connectivity index is 2.37. The minimum absolute atomic E-state index is 0.560. The highest BCUT2D eigenvalue weighted by Crippen LogP contribution is 2.35. The van der Waals surface area contributed by atoms with E-state index in [1.807, 2.05) is 19.1 Å². The Hall–Kier alpha value is -0.520. The van der Waals surface area contributed by atoms with Crippen LogP contribution in [0.4, 0.5) is 0 Å². The fraction of sp³-hybridized carbons (Fsp3) is 0.786. The number of unbranched alkanes of at least 4 members (excludes halogenated alkanes) is 1. The Morgan fingerprint density at radius 1 is 1.40 bits per heavy atom. The normalized spacial score (nSPS) is 30.7. The molecule has 0 amide bonds. The molecule has 0 heterocycles. The Bertz CT molecular complexity index is 228. The third-order valence-electron chi connectivity index (χ3n) is 3.46. The first-order valence-corrected chi connectivity index (χ1v) is 6.31. The maximum Gasteiger partial charge on any atom is 0.0901 e. The Kier molecular flexibility index (Phi) is 5.14. The minimum atomic E-state index is -0.560. The van der Waals surface area contributed by atoms with Crippen molar-refractivity contribution in [2.75, 3.05) is 0 Å². The van der Waals surface area contributed by atoms with Gasteiger partial charge in [0, 0.05) is 0 Å². The van der Waals surface area contributed by atoms with E-state index in [0.29, 0.717) is 0 Å². The SMILES string of the molecule is CC=C=CC1(O)CCC(CCCC)CC1. The van der Waals surface area contributed by atoms with Crippen LogP contribution >= 0.6 is 0 Å². The van der Waals surface area contributed by atoms with E-state index in [2.05, 4.69) is 12.7 Å². The predicted octanol–water partition coefficient (Wildman–Crippen LogP) is 3.83. The number of hydrogen-bond acceptors (Lipinski definition) is 1. The molecule has 86 valence electrons. The van der Waals surface area contributed by atoms with Crippen molar-refractivity contribution >= 4 is 0 Å². The second-order valence-corrected chi connectivity index (χ2v) is 4.79. The van der Waals surface area contributed by atoms with E-state index in [9.17, 15) is 5.11 Å². The fourth-order valence-corrected chi connectivity index (χ4v) is 2.34. The molecule has 1 N–H and O–H groups in total. The summed E-state index contributed by atoms with van der Waals surface area (Å²) in [4.78, 5) is 0. The van der Waals surface area contributed by atoms with Crippen LogP contribution in [0, 0.1) is 5.92 Å². The smallest absolute Gasteiger partial charge is 0.0901 e. The van der Waals surface area contributed by atoms with Crippen molar-refractivity contribution in [2.45, 2.75) is 64.4 Å². The number of aliphatic hydroxyl groups is 1. The van der Waals surface area contributed by atoms with E-state index in [-0.39, 0.29) is 0 Å². The van der Waals surface area contributed by atoms with Crippen LogP contribution in [0.25, 0.3) is 0 Å². The lowest BCUT2D eigenvalue weighted by atomic mass is 9.77. The monoisotopic (exact) mass is 208 g/mol. The number of rotatable bonds is 4. The van der Waals surface area contributed by atoms with Crippen LogP contribution in [0.1, 0.15) is 58.8 Å². The van der Waals surface area contributed by atoms with E-state index in [1.165, 1.54) is 32.1 Å². The molecular formula is C14H24O. The minimum Gasteiger partial charge on any atom is -0.385 e. The van der Waals surface area contributed by atoms with Crippen LogP contribution in [-0.2, 0) is 0 Å². The van der Waals surface area contributed by atoms with Gasteiger partial charge in [-0.3, -0.25) is 0 Å². The Morgan fingerprint density at radius 2 is 2.07 bits per heavy atom. The molecule has 1 rings (SSSR count). The fourth-order valence-electron chi connectivity index (χ4n) is 2.34. The van der Waals surface area contributed by atoms with Crippen LogP contribution in [-0.4, -0.2) is 10.7 Å². The lowest BCUT2D eigenvalue weighted by molar-refractivity contribution is 0.0337. The summed E-state index contributed by atoms with van der Waals surface area (Å²) in [6, 6.07) is 0. The van der Waals surface area contributed by atoms with Crippen LogP contribution in [0.3, 0.4) is 0 Å². The molecule has 1 saturated carbocycles. The van der Waals surface area contributed by atoms with Crippen molar-refractivity contribution in [3.05, 3.63) is 17.9 Å². The zero-order valence-corrected chi connectivity index (χ0v) is 10.1. The van der Waals surface area contributed by atoms with Gasteiger partial charge in [0.05, 0.1) is 5.60 Å². The summed E-state index contributed by atoms with van der Waals surface area (Å²) in [5.41, 5.74) is 2.46. The molecule has 0 unspecified atom stereocenters. The van der Waals surface area contributed by atoms with Gasteiger partial charge in [-0.1, -0.05) is 26.2 Å². The van der Waals surface area contributed by atoms with Gasteiger partial charge in [0.2, 0.25) is 0 Å². The molecule has 1 aliphatic carbocycles. The topological polar surface area (TPSA) is 20.2 Å². The van der Waals surface area contributed by atoms with Gasteiger partial charge in [-0.05, 0) is 50.7 Å². The summed E-state index contributed by atoms with van der Waals surface area (Å²) >= 11 is 0. The van der Waals surface area contributed by atoms with Crippen LogP contribution in [0.5, 0.6) is 0 Å². The van der Waals surface area contributed by atoms with Crippen molar-refractivity contribution < 1.29 is 5.11 Å². The third-order valence-corrected chi connectivity index (χ3v) is 3.46. The second-order valence-electron chi connectivity index (χ2n) is 4.79. The van der Waals surface area contributed by atoms with Gasteiger partial charge in [0.1, 0.15) is 0 Å². The highest BCUT2D eigenvalue weighted by Gasteiger charge is 2.30. The van der Waals surface area contributed by atoms with Gasteiger partial charge < -0.3 is 5.11 Å². The Morgan fingerprint density at radius 3 is 2.60 bits per heavy atom. The van der Waals surface area contributed by atoms with Crippen LogP contribution < -0.4 is 0 Å². The van der Waals surface area contributed by atoms with E-state index in [4.69, 9.17) is 0 Å². The summed E-state index contributed by atoms with van der Waals surface area (Å²) in [7, 11) is 0. The lowest BCUT2D eigenvalue weighted by Crippen LogP contribution is -2.31. The van der Waals surface area contributed by atoms with Crippen LogP contribution in [0.2, 0.25) is 0 Å². The molecular weight excluding hydrogens is 184 g/mol. The maximum atomic E-state index is 10.2. The standard InChI is InChI=1S/C14H24O/c1-3-5-7-13-8-11-14(15,12-9-13)10-6-4-2/h4,10,13,15H,3,5,7-9,11-12H2,1-2H3. The van der Waals surface area contributed by atoms with Gasteiger partial charge >= 0.3 is 0 Å². The van der Waals surface area contributed by atoms with Crippen molar-refractivity contribution in [3.8, 4) is 0 Å². The molecule has 0 aromatic rings. The average molecular weight is 208 g/mol. The first-order chi connectivity index (χ1) is 7.20. The van der Waals surface area contributed by atoms with Gasteiger partial charge in [-0.25, -0.2) is 0 Å². The summed E-state index contributed by atoms with van der Waals surface area (Å²) in [6.07, 6.45) is 11.9. The largest absolute Gasteiger partial charge is 0.385 e. The maximum absolute atomic E-state index is 10.2. The molecule has 0 aliphatic heterocycles. The molecule has 1 heteroatoms. The van der Waals surface area contributed by atoms with E-state index < -0.39 is 5.60 Å². The molecule has 0 aromatic carbocycles. The molecule has 0 atom stereocenters.